The molecule has 1 unspecified atom stereocenters. The van der Waals surface area contributed by atoms with Crippen molar-refractivity contribution in [3.63, 3.8) is 0 Å². The molecule has 1 atom stereocenters. The molecule has 0 bridgehead atoms. The monoisotopic (exact) mass is 352 g/mol. The lowest BCUT2D eigenvalue weighted by Crippen LogP contribution is -2.23. The van der Waals surface area contributed by atoms with Gasteiger partial charge in [0.15, 0.2) is 0 Å². The van der Waals surface area contributed by atoms with E-state index in [2.05, 4.69) is 17.8 Å². The van der Waals surface area contributed by atoms with Gasteiger partial charge in [0.25, 0.3) is 0 Å². The summed E-state index contributed by atoms with van der Waals surface area (Å²) in [5.41, 5.74) is 0.949. The molecule has 1 fully saturated rings. The molecule has 1 aliphatic carbocycles. The van der Waals surface area contributed by atoms with Crippen LogP contribution < -0.4 is 0 Å². The number of hydrogen-bond donors (Lipinski definition) is 0. The third-order valence-electron chi connectivity index (χ3n) is 3.23. The van der Waals surface area contributed by atoms with Crippen LogP contribution in [0.5, 0.6) is 0 Å². The summed E-state index contributed by atoms with van der Waals surface area (Å²) in [6.45, 7) is 3.88. The first kappa shape index (κ1) is 21.4. The Morgan fingerprint density at radius 2 is 2.04 bits per heavy atom. The van der Waals surface area contributed by atoms with E-state index in [9.17, 15) is 13.2 Å². The van der Waals surface area contributed by atoms with E-state index >= 15 is 0 Å². The number of halogens is 3. The number of oxime groups is 1. The molecule has 0 aromatic heterocycles. The highest BCUT2D eigenvalue weighted by Crippen LogP contribution is 2.33. The molecule has 23 heavy (non-hydrogen) atoms. The fourth-order valence-electron chi connectivity index (χ4n) is 2.13. The maximum atomic E-state index is 12.1. The van der Waals surface area contributed by atoms with Gasteiger partial charge in [-0.05, 0) is 31.6 Å². The predicted molar refractivity (Wildman–Crippen MR) is 84.8 cm³/mol. The van der Waals surface area contributed by atoms with Gasteiger partial charge in [-0.3, -0.25) is 0 Å². The standard InChI is InChI=1S/C14H19F3N2OS.O2/c1-2-8-20-19-12-5-3-11(4-6-12)13(10-18)21-9-7-14(15,16)17;1-2/h2,11,13H,1,3-9H2;. The average Bonchev–Trinajstić information content (AvgIpc) is 2.54. The second kappa shape index (κ2) is 11.9. The van der Waals surface area contributed by atoms with Gasteiger partial charge in [0.1, 0.15) is 6.61 Å². The van der Waals surface area contributed by atoms with Crippen LogP contribution in [0.15, 0.2) is 17.8 Å². The second-order valence-electron chi connectivity index (χ2n) is 4.87. The summed E-state index contributed by atoms with van der Waals surface area (Å²) in [6.07, 6.45) is -0.369. The zero-order chi connectivity index (χ0) is 17.7. The van der Waals surface area contributed by atoms with Crippen molar-refractivity contribution in [3.8, 4) is 6.07 Å². The van der Waals surface area contributed by atoms with Gasteiger partial charge in [-0.1, -0.05) is 17.8 Å². The van der Waals surface area contributed by atoms with E-state index < -0.39 is 12.6 Å². The molecule has 0 spiro atoms. The molecule has 0 aliphatic heterocycles. The molecule has 9 heteroatoms. The fourth-order valence-corrected chi connectivity index (χ4v) is 3.35. The molecule has 0 N–H and O–H groups in total. The van der Waals surface area contributed by atoms with Gasteiger partial charge >= 0.3 is 6.18 Å². The molecule has 1 saturated carbocycles. The SMILES string of the molecule is C=CCON=C1CCC(C(C#N)SCCC(F)(F)F)CC1.O=O. The van der Waals surface area contributed by atoms with Crippen LogP contribution in [0.3, 0.4) is 0 Å². The van der Waals surface area contributed by atoms with E-state index in [0.29, 0.717) is 6.61 Å². The smallest absolute Gasteiger partial charge is 0.389 e. The van der Waals surface area contributed by atoms with Crippen molar-refractivity contribution in [2.24, 2.45) is 11.1 Å². The molecule has 0 saturated heterocycles. The lowest BCUT2D eigenvalue weighted by atomic mass is 9.86. The Morgan fingerprint density at radius 1 is 1.43 bits per heavy atom. The van der Waals surface area contributed by atoms with Crippen LogP contribution in [0.1, 0.15) is 32.1 Å². The van der Waals surface area contributed by atoms with Gasteiger partial charge < -0.3 is 4.84 Å². The molecule has 0 aromatic rings. The summed E-state index contributed by atoms with van der Waals surface area (Å²) < 4.78 is 36.4. The van der Waals surface area contributed by atoms with E-state index in [4.69, 9.17) is 20.0 Å². The van der Waals surface area contributed by atoms with Gasteiger partial charge in [0, 0.05) is 15.7 Å². The summed E-state index contributed by atoms with van der Waals surface area (Å²) in [6, 6.07) is 2.14. The Morgan fingerprint density at radius 3 is 2.52 bits per heavy atom. The van der Waals surface area contributed by atoms with Gasteiger partial charge in [-0.2, -0.15) is 18.4 Å². The first-order valence-electron chi connectivity index (χ1n) is 6.99. The Bertz CT molecular complexity index is 414. The molecule has 0 amide bonds. The fraction of sp³-hybridized carbons (Fsp3) is 0.714. The summed E-state index contributed by atoms with van der Waals surface area (Å²) in [5.74, 6) is 0.0772. The Kier molecular flexibility index (Phi) is 11.1. The first-order valence-corrected chi connectivity index (χ1v) is 8.04. The Balaban J connectivity index is 0.00000232. The highest BCUT2D eigenvalue weighted by atomic mass is 32.2. The number of thioether (sulfide) groups is 1. The van der Waals surface area contributed by atoms with Gasteiger partial charge in [-0.15, -0.1) is 11.8 Å². The van der Waals surface area contributed by atoms with E-state index in [0.717, 1.165) is 43.2 Å². The minimum atomic E-state index is -4.15. The van der Waals surface area contributed by atoms with Gasteiger partial charge in [-0.25, -0.2) is 0 Å². The summed E-state index contributed by atoms with van der Waals surface area (Å²) in [7, 11) is 0. The van der Waals surface area contributed by atoms with Crippen LogP contribution in [0.25, 0.3) is 0 Å². The molecule has 0 heterocycles. The number of rotatable bonds is 7. The summed E-state index contributed by atoms with van der Waals surface area (Å²) in [4.78, 5) is 19.0. The van der Waals surface area contributed by atoms with Crippen LogP contribution >= 0.6 is 11.8 Å². The van der Waals surface area contributed by atoms with Gasteiger partial charge in [0.05, 0.1) is 23.5 Å². The number of nitrogens with zero attached hydrogens (tertiary/aromatic N) is 2. The number of nitriles is 1. The third-order valence-corrected chi connectivity index (χ3v) is 4.52. The van der Waals surface area contributed by atoms with Crippen molar-refractivity contribution in [2.45, 2.75) is 43.5 Å². The topological polar surface area (TPSA) is 79.5 Å². The van der Waals surface area contributed by atoms with Crippen LogP contribution in [-0.4, -0.2) is 29.5 Å². The molecule has 130 valence electrons. The van der Waals surface area contributed by atoms with Crippen LogP contribution in [0, 0.1) is 27.2 Å². The molecule has 5 nitrogen and oxygen atoms in total. The molecular weight excluding hydrogens is 333 g/mol. The average molecular weight is 352 g/mol. The Labute approximate surface area is 137 Å². The van der Waals surface area contributed by atoms with Crippen molar-refractivity contribution in [3.05, 3.63) is 22.6 Å². The zero-order valence-electron chi connectivity index (χ0n) is 12.6. The lowest BCUT2D eigenvalue weighted by Gasteiger charge is -2.26. The molecule has 1 rings (SSSR count). The van der Waals surface area contributed by atoms with Crippen molar-refractivity contribution < 1.29 is 18.0 Å². The Hall–Kier alpha value is -1.56. The highest BCUT2D eigenvalue weighted by molar-refractivity contribution is 8.00. The van der Waals surface area contributed by atoms with Crippen molar-refractivity contribution in [1.82, 2.24) is 0 Å². The van der Waals surface area contributed by atoms with Crippen LogP contribution in [0.4, 0.5) is 13.2 Å². The minimum absolute atomic E-state index is 0.0539. The quantitative estimate of drug-likeness (QED) is 0.386. The maximum Gasteiger partial charge on any atom is 0.389 e. The number of hydrogen-bond acceptors (Lipinski definition) is 6. The summed E-state index contributed by atoms with van der Waals surface area (Å²) >= 11 is 1.11. The van der Waals surface area contributed by atoms with E-state index in [1.165, 1.54) is 0 Å². The summed E-state index contributed by atoms with van der Waals surface area (Å²) in [5, 5.41) is 12.8. The van der Waals surface area contributed by atoms with Crippen molar-refractivity contribution in [2.75, 3.05) is 12.4 Å². The van der Waals surface area contributed by atoms with E-state index in [1.807, 2.05) is 0 Å². The first-order chi connectivity index (χ1) is 11.0. The second-order valence-corrected chi connectivity index (χ2v) is 6.11. The van der Waals surface area contributed by atoms with Crippen molar-refractivity contribution in [1.29, 1.82) is 5.26 Å². The van der Waals surface area contributed by atoms with Crippen molar-refractivity contribution >= 4 is 17.5 Å². The molecular formula is C14H19F3N2O3S. The third kappa shape index (κ3) is 9.94. The van der Waals surface area contributed by atoms with Gasteiger partial charge in [0.2, 0.25) is 0 Å². The van der Waals surface area contributed by atoms with E-state index in [1.54, 1.807) is 6.08 Å². The molecule has 0 aromatic carbocycles. The largest absolute Gasteiger partial charge is 0.392 e. The minimum Gasteiger partial charge on any atom is -0.392 e. The van der Waals surface area contributed by atoms with E-state index in [-0.39, 0.29) is 16.9 Å². The maximum absolute atomic E-state index is 12.1. The lowest BCUT2D eigenvalue weighted by molar-refractivity contribution is -0.129. The predicted octanol–water partition coefficient (Wildman–Crippen LogP) is 4.38. The molecule has 1 aliphatic rings. The van der Waals surface area contributed by atoms with Crippen LogP contribution in [-0.2, 0) is 4.84 Å². The van der Waals surface area contributed by atoms with Crippen LogP contribution in [0.2, 0.25) is 0 Å². The highest BCUT2D eigenvalue weighted by Gasteiger charge is 2.30. The molecule has 0 radical (unpaired) electrons. The number of alkyl halides is 3. The zero-order valence-corrected chi connectivity index (χ0v) is 13.4. The normalized spacial score (nSPS) is 18.9.